The smallest absolute Gasteiger partial charge is 0.306 e. The van der Waals surface area contributed by atoms with Crippen molar-refractivity contribution < 1.29 is 17.9 Å². The largest absolute Gasteiger partial charge is 0.469 e. The Morgan fingerprint density at radius 2 is 2.05 bits per heavy atom. The lowest BCUT2D eigenvalue weighted by atomic mass is 10.1. The molecule has 7 heteroatoms. The van der Waals surface area contributed by atoms with Crippen molar-refractivity contribution in [1.82, 2.24) is 4.31 Å². The Bertz CT molecular complexity index is 628. The molecule has 0 unspecified atom stereocenters. The van der Waals surface area contributed by atoms with Gasteiger partial charge in [0.2, 0.25) is 0 Å². The van der Waals surface area contributed by atoms with Crippen LogP contribution in [0, 0.1) is 0 Å². The maximum Gasteiger partial charge on any atom is 0.306 e. The van der Waals surface area contributed by atoms with E-state index in [1.807, 2.05) is 12.1 Å². The zero-order chi connectivity index (χ0) is 15.5. The summed E-state index contributed by atoms with van der Waals surface area (Å²) in [5.41, 5.74) is 3.05. The molecule has 116 valence electrons. The van der Waals surface area contributed by atoms with Gasteiger partial charge in [-0.2, -0.15) is 12.7 Å². The first-order valence-electron chi connectivity index (χ1n) is 6.85. The summed E-state index contributed by atoms with van der Waals surface area (Å²) in [4.78, 5) is 11.1. The van der Waals surface area contributed by atoms with Crippen LogP contribution in [0.4, 0.5) is 5.69 Å². The van der Waals surface area contributed by atoms with Crippen LogP contribution in [-0.2, 0) is 32.6 Å². The number of fused-ring (bicyclic) bond motifs is 1. The highest BCUT2D eigenvalue weighted by Gasteiger charge is 2.19. The zero-order valence-electron chi connectivity index (χ0n) is 12.3. The number of hydrogen-bond donors (Lipinski definition) is 1. The van der Waals surface area contributed by atoms with Gasteiger partial charge in [-0.25, -0.2) is 0 Å². The molecule has 6 nitrogen and oxygen atoms in total. The van der Waals surface area contributed by atoms with Crippen LogP contribution in [0.3, 0.4) is 0 Å². The Balaban J connectivity index is 2.01. The first-order valence-corrected chi connectivity index (χ1v) is 8.29. The molecule has 1 aliphatic carbocycles. The van der Waals surface area contributed by atoms with Crippen LogP contribution in [0.2, 0.25) is 0 Å². The quantitative estimate of drug-likeness (QED) is 0.804. The maximum absolute atomic E-state index is 12.2. The van der Waals surface area contributed by atoms with Crippen molar-refractivity contribution in [1.29, 1.82) is 0 Å². The SMILES string of the molecule is COC(=O)CCN(C)S(=O)(=O)Nc1ccc2c(c1)CCC2. The van der Waals surface area contributed by atoms with Gasteiger partial charge in [-0.15, -0.1) is 0 Å². The van der Waals surface area contributed by atoms with Gasteiger partial charge in [0, 0.05) is 13.6 Å². The molecule has 1 aliphatic rings. The second kappa shape index (κ2) is 6.44. The standard InChI is InChI=1S/C14H20N2O4S/c1-16(9-8-14(17)20-2)21(18,19)15-13-7-6-11-4-3-5-12(11)10-13/h6-7,10,15H,3-5,8-9H2,1-2H3. The van der Waals surface area contributed by atoms with Crippen LogP contribution in [0.5, 0.6) is 0 Å². The Morgan fingerprint density at radius 3 is 2.76 bits per heavy atom. The maximum atomic E-state index is 12.2. The number of nitrogens with one attached hydrogen (secondary N) is 1. The topological polar surface area (TPSA) is 75.7 Å². The lowest BCUT2D eigenvalue weighted by molar-refractivity contribution is -0.140. The summed E-state index contributed by atoms with van der Waals surface area (Å²) >= 11 is 0. The van der Waals surface area contributed by atoms with Gasteiger partial charge in [0.05, 0.1) is 19.2 Å². The lowest BCUT2D eigenvalue weighted by Gasteiger charge is -2.18. The van der Waals surface area contributed by atoms with Gasteiger partial charge in [-0.1, -0.05) is 6.07 Å². The molecule has 1 aromatic rings. The van der Waals surface area contributed by atoms with Gasteiger partial charge < -0.3 is 4.74 Å². The Morgan fingerprint density at radius 1 is 1.33 bits per heavy atom. The number of ether oxygens (including phenoxy) is 1. The minimum absolute atomic E-state index is 0.0259. The fraction of sp³-hybridized carbons (Fsp3) is 0.500. The van der Waals surface area contributed by atoms with Crippen molar-refractivity contribution in [2.75, 3.05) is 25.4 Å². The Labute approximate surface area is 125 Å². The Hall–Kier alpha value is -1.60. The van der Waals surface area contributed by atoms with Crippen LogP contribution in [-0.4, -0.2) is 39.4 Å². The fourth-order valence-electron chi connectivity index (χ4n) is 2.33. The van der Waals surface area contributed by atoms with Crippen molar-refractivity contribution in [3.63, 3.8) is 0 Å². The molecule has 1 aromatic carbocycles. The summed E-state index contributed by atoms with van der Waals surface area (Å²) in [5, 5.41) is 0. The third kappa shape index (κ3) is 3.95. The van der Waals surface area contributed by atoms with Gasteiger partial charge in [-0.3, -0.25) is 9.52 Å². The highest BCUT2D eigenvalue weighted by molar-refractivity contribution is 7.90. The molecule has 0 radical (unpaired) electrons. The highest BCUT2D eigenvalue weighted by Crippen LogP contribution is 2.25. The summed E-state index contributed by atoms with van der Waals surface area (Å²) < 4.78 is 32.5. The molecular formula is C14H20N2O4S. The average Bonchev–Trinajstić information content (AvgIpc) is 2.91. The molecule has 0 aromatic heterocycles. The van der Waals surface area contributed by atoms with Crippen molar-refractivity contribution >= 4 is 21.9 Å². The number of rotatable bonds is 6. The van der Waals surface area contributed by atoms with E-state index >= 15 is 0 Å². The number of methoxy groups -OCH3 is 1. The predicted octanol–water partition coefficient (Wildman–Crippen LogP) is 1.33. The summed E-state index contributed by atoms with van der Waals surface area (Å²) in [5.74, 6) is -0.436. The first-order chi connectivity index (χ1) is 9.92. The number of carbonyl (C=O) groups is 1. The molecule has 0 spiro atoms. The molecule has 2 rings (SSSR count). The van der Waals surface area contributed by atoms with Gasteiger partial charge in [-0.05, 0) is 42.5 Å². The molecular weight excluding hydrogens is 292 g/mol. The van der Waals surface area contributed by atoms with E-state index in [1.165, 1.54) is 25.3 Å². The summed E-state index contributed by atoms with van der Waals surface area (Å²) in [7, 11) is -0.952. The number of benzene rings is 1. The van der Waals surface area contributed by atoms with Gasteiger partial charge in [0.15, 0.2) is 0 Å². The molecule has 21 heavy (non-hydrogen) atoms. The van der Waals surface area contributed by atoms with E-state index in [-0.39, 0.29) is 13.0 Å². The molecule has 0 saturated carbocycles. The summed E-state index contributed by atoms with van der Waals surface area (Å²) in [6.45, 7) is 0.0763. The van der Waals surface area contributed by atoms with E-state index in [9.17, 15) is 13.2 Å². The number of carbonyl (C=O) groups excluding carboxylic acids is 1. The first kappa shape index (κ1) is 15.8. The highest BCUT2D eigenvalue weighted by atomic mass is 32.2. The average molecular weight is 312 g/mol. The van der Waals surface area contributed by atoms with E-state index in [2.05, 4.69) is 9.46 Å². The van der Waals surface area contributed by atoms with Crippen molar-refractivity contribution in [3.8, 4) is 0 Å². The van der Waals surface area contributed by atoms with Crippen LogP contribution in [0.1, 0.15) is 24.0 Å². The van der Waals surface area contributed by atoms with E-state index in [0.717, 1.165) is 23.6 Å². The number of aryl methyl sites for hydroxylation is 2. The second-order valence-corrected chi connectivity index (χ2v) is 6.87. The summed E-state index contributed by atoms with van der Waals surface area (Å²) in [6, 6.07) is 5.62. The summed E-state index contributed by atoms with van der Waals surface area (Å²) in [6.07, 6.45) is 3.19. The third-order valence-electron chi connectivity index (χ3n) is 3.61. The van der Waals surface area contributed by atoms with Crippen molar-refractivity contribution in [2.24, 2.45) is 0 Å². The monoisotopic (exact) mass is 312 g/mol. The molecule has 1 N–H and O–H groups in total. The normalized spacial score (nSPS) is 14.0. The van der Waals surface area contributed by atoms with Crippen LogP contribution >= 0.6 is 0 Å². The van der Waals surface area contributed by atoms with Gasteiger partial charge in [0.1, 0.15) is 0 Å². The van der Waals surface area contributed by atoms with Crippen LogP contribution in [0.15, 0.2) is 18.2 Å². The van der Waals surface area contributed by atoms with Gasteiger partial charge >= 0.3 is 16.2 Å². The Kier molecular flexibility index (Phi) is 4.84. The molecule has 0 bridgehead atoms. The van der Waals surface area contributed by atoms with E-state index < -0.39 is 16.2 Å². The predicted molar refractivity (Wildman–Crippen MR) is 80.3 cm³/mol. The van der Waals surface area contributed by atoms with Crippen molar-refractivity contribution in [3.05, 3.63) is 29.3 Å². The second-order valence-electron chi connectivity index (χ2n) is 5.09. The number of hydrogen-bond acceptors (Lipinski definition) is 4. The molecule has 0 atom stereocenters. The molecule has 0 saturated heterocycles. The van der Waals surface area contributed by atoms with Crippen molar-refractivity contribution in [2.45, 2.75) is 25.7 Å². The molecule has 0 fully saturated rings. The fourth-order valence-corrected chi connectivity index (χ4v) is 3.25. The molecule has 0 amide bonds. The minimum atomic E-state index is -3.66. The van der Waals surface area contributed by atoms with E-state index in [0.29, 0.717) is 5.69 Å². The van der Waals surface area contributed by atoms with Crippen LogP contribution in [0.25, 0.3) is 0 Å². The van der Waals surface area contributed by atoms with E-state index in [4.69, 9.17) is 0 Å². The number of nitrogens with zero attached hydrogens (tertiary/aromatic N) is 1. The number of esters is 1. The third-order valence-corrected chi connectivity index (χ3v) is 5.11. The minimum Gasteiger partial charge on any atom is -0.469 e. The zero-order valence-corrected chi connectivity index (χ0v) is 13.1. The van der Waals surface area contributed by atoms with Crippen LogP contribution < -0.4 is 4.72 Å². The molecule has 0 aliphatic heterocycles. The van der Waals surface area contributed by atoms with E-state index in [1.54, 1.807) is 6.07 Å². The number of anilines is 1. The lowest BCUT2D eigenvalue weighted by Crippen LogP contribution is -2.34. The van der Waals surface area contributed by atoms with Gasteiger partial charge in [0.25, 0.3) is 0 Å². The molecule has 0 heterocycles.